The summed E-state index contributed by atoms with van der Waals surface area (Å²) in [5.74, 6) is -0.0844. The quantitative estimate of drug-likeness (QED) is 0.562. The van der Waals surface area contributed by atoms with Crippen molar-refractivity contribution in [3.8, 4) is 0 Å². The Morgan fingerprint density at radius 1 is 1.12 bits per heavy atom. The fourth-order valence-corrected chi connectivity index (χ4v) is 6.84. The Balaban J connectivity index is 1.36. The maximum absolute atomic E-state index is 13.0. The molecule has 10 heteroatoms. The summed E-state index contributed by atoms with van der Waals surface area (Å²) in [6, 6.07) is 8.40. The molecule has 0 spiro atoms. The molecule has 0 atom stereocenters. The summed E-state index contributed by atoms with van der Waals surface area (Å²) in [6.45, 7) is 7.78. The highest BCUT2D eigenvalue weighted by molar-refractivity contribution is 7.89. The van der Waals surface area contributed by atoms with Crippen LogP contribution in [0.2, 0.25) is 0 Å². The normalized spacial score (nSPS) is 15.6. The molecule has 0 unspecified atom stereocenters. The Hall–Kier alpha value is -2.56. The van der Waals surface area contributed by atoms with Crippen LogP contribution in [0.1, 0.15) is 46.0 Å². The van der Waals surface area contributed by atoms with Crippen LogP contribution in [0.15, 0.2) is 33.7 Å². The van der Waals surface area contributed by atoms with E-state index in [2.05, 4.69) is 46.6 Å². The van der Waals surface area contributed by atoms with Crippen molar-refractivity contribution in [2.24, 2.45) is 5.92 Å². The van der Waals surface area contributed by atoms with E-state index in [0.29, 0.717) is 23.7 Å². The van der Waals surface area contributed by atoms with E-state index in [0.717, 1.165) is 17.0 Å². The van der Waals surface area contributed by atoms with Gasteiger partial charge in [0.05, 0.1) is 5.69 Å². The van der Waals surface area contributed by atoms with E-state index >= 15 is 0 Å². The van der Waals surface area contributed by atoms with Crippen molar-refractivity contribution in [2.75, 3.05) is 18.4 Å². The Morgan fingerprint density at radius 2 is 1.79 bits per heavy atom. The van der Waals surface area contributed by atoms with E-state index in [9.17, 15) is 13.2 Å². The van der Waals surface area contributed by atoms with Gasteiger partial charge in [0, 0.05) is 30.3 Å². The van der Waals surface area contributed by atoms with Crippen LogP contribution in [-0.4, -0.2) is 41.9 Å². The highest BCUT2D eigenvalue weighted by Crippen LogP contribution is 2.30. The third-order valence-corrected chi connectivity index (χ3v) is 9.22. The Morgan fingerprint density at radius 3 is 2.39 bits per heavy atom. The van der Waals surface area contributed by atoms with Gasteiger partial charge in [0.1, 0.15) is 10.6 Å². The van der Waals surface area contributed by atoms with Crippen molar-refractivity contribution in [3.05, 3.63) is 57.4 Å². The monoisotopic (exact) mass is 488 g/mol. The van der Waals surface area contributed by atoms with Crippen LogP contribution in [-0.2, 0) is 21.2 Å². The largest absolute Gasteiger partial charge is 0.360 e. The van der Waals surface area contributed by atoms with Gasteiger partial charge in [-0.1, -0.05) is 35.0 Å². The van der Waals surface area contributed by atoms with Gasteiger partial charge in [-0.05, 0) is 46.1 Å². The summed E-state index contributed by atoms with van der Waals surface area (Å²) in [4.78, 5) is 18.6. The van der Waals surface area contributed by atoms with Crippen LogP contribution >= 0.6 is 11.3 Å². The lowest BCUT2D eigenvalue weighted by Gasteiger charge is -2.30. The van der Waals surface area contributed by atoms with Gasteiger partial charge in [-0.15, -0.1) is 11.3 Å². The molecule has 8 nitrogen and oxygen atoms in total. The zero-order valence-electron chi connectivity index (χ0n) is 19.2. The van der Waals surface area contributed by atoms with Crippen LogP contribution in [0.4, 0.5) is 5.13 Å². The number of hydrogen-bond donors (Lipinski definition) is 1. The fraction of sp³-hybridized carbons (Fsp3) is 0.435. The van der Waals surface area contributed by atoms with Crippen molar-refractivity contribution in [2.45, 2.75) is 51.9 Å². The first-order chi connectivity index (χ1) is 15.6. The topological polar surface area (TPSA) is 105 Å². The average molecular weight is 489 g/mol. The molecule has 0 radical (unpaired) electrons. The molecule has 33 heavy (non-hydrogen) atoms. The van der Waals surface area contributed by atoms with E-state index in [4.69, 9.17) is 4.52 Å². The highest BCUT2D eigenvalue weighted by Gasteiger charge is 2.35. The van der Waals surface area contributed by atoms with Crippen molar-refractivity contribution < 1.29 is 17.7 Å². The summed E-state index contributed by atoms with van der Waals surface area (Å²) in [6.07, 6.45) is 1.68. The van der Waals surface area contributed by atoms with E-state index in [-0.39, 0.29) is 35.6 Å². The van der Waals surface area contributed by atoms with Crippen LogP contribution in [0.5, 0.6) is 0 Å². The number of nitrogens with one attached hydrogen (secondary N) is 1. The van der Waals surface area contributed by atoms with Gasteiger partial charge < -0.3 is 9.84 Å². The molecular formula is C23H28N4O4S2. The molecule has 1 saturated heterocycles. The molecule has 1 aromatic carbocycles. The van der Waals surface area contributed by atoms with E-state index in [1.54, 1.807) is 13.8 Å². The molecule has 0 aliphatic carbocycles. The van der Waals surface area contributed by atoms with Crippen LogP contribution in [0.25, 0.3) is 0 Å². The minimum Gasteiger partial charge on any atom is -0.360 e. The maximum Gasteiger partial charge on any atom is 0.248 e. The van der Waals surface area contributed by atoms with Crippen LogP contribution in [0.3, 0.4) is 0 Å². The average Bonchev–Trinajstić information content (AvgIpc) is 3.30. The first-order valence-electron chi connectivity index (χ1n) is 10.9. The number of rotatable bonds is 6. The predicted octanol–water partition coefficient (Wildman–Crippen LogP) is 3.99. The smallest absolute Gasteiger partial charge is 0.248 e. The molecule has 4 rings (SSSR count). The molecule has 176 valence electrons. The summed E-state index contributed by atoms with van der Waals surface area (Å²) in [5, 5.41) is 7.29. The van der Waals surface area contributed by atoms with Crippen LogP contribution in [0, 0.1) is 33.6 Å². The number of carbonyl (C=O) groups excluding carboxylic acids is 1. The maximum atomic E-state index is 13.0. The second-order valence-electron chi connectivity index (χ2n) is 8.51. The number of thiazole rings is 1. The first-order valence-corrected chi connectivity index (χ1v) is 13.2. The number of aryl methyl sites for hydroxylation is 4. The minimum absolute atomic E-state index is 0.111. The number of anilines is 1. The van der Waals surface area contributed by atoms with Gasteiger partial charge in [0.15, 0.2) is 10.9 Å². The molecule has 0 saturated carbocycles. The van der Waals surface area contributed by atoms with Crippen LogP contribution < -0.4 is 5.32 Å². The lowest BCUT2D eigenvalue weighted by Crippen LogP contribution is -2.41. The predicted molar refractivity (Wildman–Crippen MR) is 127 cm³/mol. The number of benzene rings is 1. The van der Waals surface area contributed by atoms with Crippen molar-refractivity contribution in [3.63, 3.8) is 0 Å². The highest BCUT2D eigenvalue weighted by atomic mass is 32.2. The molecular weight excluding hydrogens is 460 g/mol. The summed E-state index contributed by atoms with van der Waals surface area (Å²) >= 11 is 1.49. The number of sulfonamides is 1. The lowest BCUT2D eigenvalue weighted by atomic mass is 9.97. The Kier molecular flexibility index (Phi) is 6.69. The second kappa shape index (κ2) is 9.36. The Labute approximate surface area is 198 Å². The lowest BCUT2D eigenvalue weighted by molar-refractivity contribution is -0.120. The van der Waals surface area contributed by atoms with Gasteiger partial charge in [-0.25, -0.2) is 13.4 Å². The van der Waals surface area contributed by atoms with Gasteiger partial charge in [0.25, 0.3) is 0 Å². The number of aromatic nitrogens is 2. The summed E-state index contributed by atoms with van der Waals surface area (Å²) in [7, 11) is -3.69. The number of nitrogens with zero attached hydrogens (tertiary/aromatic N) is 3. The standard InChI is InChI=1S/C23H28N4O4S2/c1-14-5-7-18(8-6-14)13-20-15(2)24-23(32-20)25-22(28)19-9-11-27(12-10-19)33(29,30)21-16(3)26-31-17(21)4/h5-8,19H,9-13H2,1-4H3,(H,24,25,28). The molecule has 2 aromatic heterocycles. The first kappa shape index (κ1) is 23.6. The number of carbonyl (C=O) groups is 1. The summed E-state index contributed by atoms with van der Waals surface area (Å²) in [5.41, 5.74) is 3.69. The molecule has 1 N–H and O–H groups in total. The molecule has 1 fully saturated rings. The zero-order valence-corrected chi connectivity index (χ0v) is 20.8. The van der Waals surface area contributed by atoms with E-state index in [1.807, 2.05) is 6.92 Å². The number of amides is 1. The van der Waals surface area contributed by atoms with Crippen molar-refractivity contribution >= 4 is 32.4 Å². The third-order valence-electron chi connectivity index (χ3n) is 6.00. The van der Waals surface area contributed by atoms with Gasteiger partial charge in [-0.2, -0.15) is 4.31 Å². The zero-order chi connectivity index (χ0) is 23.8. The van der Waals surface area contributed by atoms with Crippen molar-refractivity contribution in [1.82, 2.24) is 14.4 Å². The van der Waals surface area contributed by atoms with Gasteiger partial charge in [0.2, 0.25) is 15.9 Å². The Bertz CT molecular complexity index is 1230. The van der Waals surface area contributed by atoms with Crippen molar-refractivity contribution in [1.29, 1.82) is 0 Å². The molecule has 1 aliphatic heterocycles. The second-order valence-corrected chi connectivity index (χ2v) is 11.5. The number of piperidine rings is 1. The summed E-state index contributed by atoms with van der Waals surface area (Å²) < 4.78 is 32.4. The molecule has 3 heterocycles. The molecule has 1 aliphatic rings. The van der Waals surface area contributed by atoms with Gasteiger partial charge in [-0.3, -0.25) is 4.79 Å². The van der Waals surface area contributed by atoms with E-state index in [1.165, 1.54) is 26.8 Å². The minimum atomic E-state index is -3.69. The third kappa shape index (κ3) is 5.02. The SMILES string of the molecule is Cc1ccc(Cc2sc(NC(=O)C3CCN(S(=O)(=O)c4c(C)noc4C)CC3)nc2C)cc1. The van der Waals surface area contributed by atoms with E-state index < -0.39 is 10.0 Å². The van der Waals surface area contributed by atoms with Gasteiger partial charge >= 0.3 is 0 Å². The number of hydrogen-bond acceptors (Lipinski definition) is 7. The molecule has 1 amide bonds. The fourth-order valence-electron chi connectivity index (χ4n) is 4.07. The molecule has 3 aromatic rings. The molecule has 0 bridgehead atoms.